The lowest BCUT2D eigenvalue weighted by atomic mass is 10.2. The Morgan fingerprint density at radius 2 is 2.25 bits per heavy atom. The Hall–Kier alpha value is -0.720. The Bertz CT molecular complexity index is 142. The summed E-state index contributed by atoms with van der Waals surface area (Å²) in [7, 11) is 0. The van der Waals surface area contributed by atoms with Crippen LogP contribution in [-0.4, -0.2) is 6.61 Å². The van der Waals surface area contributed by atoms with Crippen LogP contribution in [0, 0.1) is 0 Å². The average Bonchev–Trinajstić information content (AvgIpc) is 1.64. The van der Waals surface area contributed by atoms with Crippen LogP contribution in [0.3, 0.4) is 0 Å². The van der Waals surface area contributed by atoms with E-state index in [4.69, 9.17) is 4.74 Å². The van der Waals surface area contributed by atoms with Crippen LogP contribution in [0.5, 0.6) is 0 Å². The topological polar surface area (TPSA) is 9.23 Å². The highest BCUT2D eigenvalue weighted by Crippen LogP contribution is 2.07. The largest absolute Gasteiger partial charge is 0.497 e. The molecule has 0 aliphatic carbocycles. The molecule has 0 bridgehead atoms. The van der Waals surface area contributed by atoms with Gasteiger partial charge in [-0.2, -0.15) is 0 Å². The van der Waals surface area contributed by atoms with Gasteiger partial charge < -0.3 is 4.74 Å². The predicted octanol–water partition coefficient (Wildman–Crippen LogP) is 1.87. The smallest absolute Gasteiger partial charge is 0.108 e. The Balaban J connectivity index is 2.69. The van der Waals surface area contributed by atoms with E-state index in [2.05, 4.69) is 13.0 Å². The van der Waals surface area contributed by atoms with Gasteiger partial charge in [-0.15, -0.1) is 0 Å². The van der Waals surface area contributed by atoms with E-state index in [-0.39, 0.29) is 0 Å². The zero-order valence-corrected chi connectivity index (χ0v) is 5.27. The van der Waals surface area contributed by atoms with E-state index in [9.17, 15) is 0 Å². The molecular weight excluding hydrogens is 100 g/mol. The molecule has 44 valence electrons. The minimum Gasteiger partial charge on any atom is -0.497 e. The molecule has 1 heteroatoms. The van der Waals surface area contributed by atoms with Crippen molar-refractivity contribution in [3.63, 3.8) is 0 Å². The summed E-state index contributed by atoms with van der Waals surface area (Å²) >= 11 is 0. The molecule has 0 unspecified atom stereocenters. The van der Waals surface area contributed by atoms with Crippen molar-refractivity contribution in [2.75, 3.05) is 6.61 Å². The molecule has 1 rings (SSSR count). The number of hydrogen-bond donors (Lipinski definition) is 0. The van der Waals surface area contributed by atoms with Gasteiger partial charge in [0.2, 0.25) is 0 Å². The third-order valence-corrected chi connectivity index (χ3v) is 1.05. The maximum atomic E-state index is 5.06. The van der Waals surface area contributed by atoms with Gasteiger partial charge in [0, 0.05) is 0 Å². The highest BCUT2D eigenvalue weighted by molar-refractivity contribution is 5.21. The molecule has 0 saturated carbocycles. The second-order valence-electron chi connectivity index (χ2n) is 2.16. The fraction of sp³-hybridized carbons (Fsp3) is 0.429. The van der Waals surface area contributed by atoms with E-state index >= 15 is 0 Å². The lowest BCUT2D eigenvalue weighted by Gasteiger charge is -2.07. The Labute approximate surface area is 49.7 Å². The zero-order chi connectivity index (χ0) is 5.98. The van der Waals surface area contributed by atoms with Crippen molar-refractivity contribution >= 4 is 0 Å². The van der Waals surface area contributed by atoms with Crippen LogP contribution in [-0.2, 0) is 4.74 Å². The third kappa shape index (κ3) is 1.12. The normalized spacial score (nSPS) is 18.8. The SMILES string of the molecule is CC1=COCC(C)=C1. The first kappa shape index (κ1) is 5.42. The van der Waals surface area contributed by atoms with Crippen LogP contribution < -0.4 is 0 Å². The third-order valence-electron chi connectivity index (χ3n) is 1.05. The molecular formula is C7H10O. The van der Waals surface area contributed by atoms with Crippen molar-refractivity contribution in [2.24, 2.45) is 0 Å². The molecule has 0 atom stereocenters. The molecule has 1 aliphatic rings. The van der Waals surface area contributed by atoms with Gasteiger partial charge in [-0.1, -0.05) is 6.08 Å². The zero-order valence-electron chi connectivity index (χ0n) is 5.27. The quantitative estimate of drug-likeness (QED) is 0.462. The monoisotopic (exact) mass is 110 g/mol. The van der Waals surface area contributed by atoms with Crippen LogP contribution in [0.4, 0.5) is 0 Å². The van der Waals surface area contributed by atoms with Gasteiger partial charge >= 0.3 is 0 Å². The van der Waals surface area contributed by atoms with Gasteiger partial charge in [0.25, 0.3) is 0 Å². The summed E-state index contributed by atoms with van der Waals surface area (Å²) in [5.74, 6) is 0. The minimum atomic E-state index is 0.761. The van der Waals surface area contributed by atoms with Crippen LogP contribution in [0.1, 0.15) is 13.8 Å². The Morgan fingerprint density at radius 1 is 1.50 bits per heavy atom. The lowest BCUT2D eigenvalue weighted by molar-refractivity contribution is 0.272. The van der Waals surface area contributed by atoms with E-state index in [0.29, 0.717) is 0 Å². The summed E-state index contributed by atoms with van der Waals surface area (Å²) in [6.07, 6.45) is 3.91. The first-order valence-electron chi connectivity index (χ1n) is 2.74. The molecule has 0 saturated heterocycles. The summed E-state index contributed by atoms with van der Waals surface area (Å²) in [6, 6.07) is 0. The highest BCUT2D eigenvalue weighted by Gasteiger charge is 1.94. The summed E-state index contributed by atoms with van der Waals surface area (Å²) in [6.45, 7) is 4.86. The number of rotatable bonds is 0. The fourth-order valence-electron chi connectivity index (χ4n) is 0.769. The van der Waals surface area contributed by atoms with Gasteiger partial charge in [-0.05, 0) is 25.0 Å². The standard InChI is InChI=1S/C7H10O/c1-6-3-7(2)5-8-4-6/h3-4H,5H2,1-2H3. The van der Waals surface area contributed by atoms with Crippen LogP contribution in [0.15, 0.2) is 23.5 Å². The van der Waals surface area contributed by atoms with Crippen molar-refractivity contribution in [3.05, 3.63) is 23.5 Å². The molecule has 0 spiro atoms. The van der Waals surface area contributed by atoms with Crippen LogP contribution in [0.25, 0.3) is 0 Å². The predicted molar refractivity (Wildman–Crippen MR) is 33.5 cm³/mol. The molecule has 0 fully saturated rings. The molecule has 1 aliphatic heterocycles. The minimum absolute atomic E-state index is 0.761. The number of ether oxygens (including phenoxy) is 1. The summed E-state index contributed by atoms with van der Waals surface area (Å²) in [5.41, 5.74) is 2.50. The first-order valence-corrected chi connectivity index (χ1v) is 2.74. The average molecular weight is 110 g/mol. The second-order valence-corrected chi connectivity index (χ2v) is 2.16. The molecule has 0 aromatic rings. The molecule has 8 heavy (non-hydrogen) atoms. The van der Waals surface area contributed by atoms with Crippen molar-refractivity contribution in [1.82, 2.24) is 0 Å². The molecule has 0 N–H and O–H groups in total. The molecule has 0 amide bonds. The van der Waals surface area contributed by atoms with E-state index in [1.165, 1.54) is 11.1 Å². The maximum absolute atomic E-state index is 5.06. The van der Waals surface area contributed by atoms with E-state index in [0.717, 1.165) is 6.61 Å². The Kier molecular flexibility index (Phi) is 1.38. The van der Waals surface area contributed by atoms with Crippen LogP contribution >= 0.6 is 0 Å². The molecule has 0 aromatic carbocycles. The number of allylic oxidation sites excluding steroid dienone is 2. The van der Waals surface area contributed by atoms with E-state index in [1.807, 2.05) is 6.92 Å². The van der Waals surface area contributed by atoms with Gasteiger partial charge in [-0.3, -0.25) is 0 Å². The number of hydrogen-bond acceptors (Lipinski definition) is 1. The lowest BCUT2D eigenvalue weighted by Crippen LogP contribution is -1.95. The second kappa shape index (κ2) is 2.03. The molecule has 0 radical (unpaired) electrons. The summed E-state index contributed by atoms with van der Waals surface area (Å²) < 4.78 is 5.06. The van der Waals surface area contributed by atoms with Crippen molar-refractivity contribution in [3.8, 4) is 0 Å². The molecule has 1 nitrogen and oxygen atoms in total. The Morgan fingerprint density at radius 3 is 2.62 bits per heavy atom. The van der Waals surface area contributed by atoms with Gasteiger partial charge in [0.15, 0.2) is 0 Å². The van der Waals surface area contributed by atoms with Gasteiger partial charge in [0.05, 0.1) is 6.26 Å². The fourth-order valence-corrected chi connectivity index (χ4v) is 0.769. The van der Waals surface area contributed by atoms with Crippen molar-refractivity contribution in [2.45, 2.75) is 13.8 Å². The highest BCUT2D eigenvalue weighted by atomic mass is 16.5. The molecule has 1 heterocycles. The maximum Gasteiger partial charge on any atom is 0.108 e. The van der Waals surface area contributed by atoms with Crippen molar-refractivity contribution in [1.29, 1.82) is 0 Å². The van der Waals surface area contributed by atoms with Crippen LogP contribution in [0.2, 0.25) is 0 Å². The molecule has 0 aromatic heterocycles. The summed E-state index contributed by atoms with van der Waals surface area (Å²) in [5, 5.41) is 0. The van der Waals surface area contributed by atoms with Gasteiger partial charge in [0.1, 0.15) is 6.61 Å². The van der Waals surface area contributed by atoms with E-state index < -0.39 is 0 Å². The first-order chi connectivity index (χ1) is 3.79. The van der Waals surface area contributed by atoms with E-state index in [1.54, 1.807) is 6.26 Å². The van der Waals surface area contributed by atoms with Gasteiger partial charge in [-0.25, -0.2) is 0 Å². The van der Waals surface area contributed by atoms with Crippen molar-refractivity contribution < 1.29 is 4.74 Å². The summed E-state index contributed by atoms with van der Waals surface area (Å²) in [4.78, 5) is 0.